The third-order valence-corrected chi connectivity index (χ3v) is 7.13. The molecule has 0 radical (unpaired) electrons. The van der Waals surface area contributed by atoms with Gasteiger partial charge in [0.1, 0.15) is 11.6 Å². The van der Waals surface area contributed by atoms with Crippen molar-refractivity contribution < 1.29 is 19.4 Å². The predicted octanol–water partition coefficient (Wildman–Crippen LogP) is 4.26. The number of hydrogen-bond donors (Lipinski definition) is 5. The summed E-state index contributed by atoms with van der Waals surface area (Å²) < 4.78 is 5.32. The number of carbonyl (C=O) groups is 2. The van der Waals surface area contributed by atoms with E-state index in [1.165, 1.54) is 5.56 Å². The van der Waals surface area contributed by atoms with Crippen molar-refractivity contribution in [1.29, 1.82) is 10.8 Å². The van der Waals surface area contributed by atoms with Crippen LogP contribution in [0.3, 0.4) is 0 Å². The number of ether oxygens (including phenoxy) is 1. The Labute approximate surface area is 239 Å². The minimum absolute atomic E-state index is 0.0325. The Balaban J connectivity index is 1.45. The van der Waals surface area contributed by atoms with Gasteiger partial charge in [-0.05, 0) is 73.2 Å². The van der Waals surface area contributed by atoms with Gasteiger partial charge in [0, 0.05) is 36.6 Å². The lowest BCUT2D eigenvalue weighted by Crippen LogP contribution is -2.36. The topological polar surface area (TPSA) is 156 Å². The molecular weight excluding hydrogens is 520 g/mol. The molecule has 1 aliphatic rings. The highest BCUT2D eigenvalue weighted by Crippen LogP contribution is 2.29. The summed E-state index contributed by atoms with van der Waals surface area (Å²) in [5.41, 5.74) is 9.73. The quantitative estimate of drug-likeness (QED) is 0.175. The van der Waals surface area contributed by atoms with E-state index in [1.807, 2.05) is 36.1 Å². The zero-order chi connectivity index (χ0) is 29.4. The monoisotopic (exact) mass is 556 g/mol. The average Bonchev–Trinajstić information content (AvgIpc) is 2.96. The Hall–Kier alpha value is -4.86. The van der Waals surface area contributed by atoms with Gasteiger partial charge in [0.05, 0.1) is 12.4 Å². The van der Waals surface area contributed by atoms with E-state index in [1.54, 1.807) is 36.4 Å². The van der Waals surface area contributed by atoms with E-state index in [0.29, 0.717) is 41.0 Å². The second-order valence-electron chi connectivity index (χ2n) is 10.2. The predicted molar refractivity (Wildman–Crippen MR) is 160 cm³/mol. The van der Waals surface area contributed by atoms with E-state index < -0.39 is 12.6 Å². The molecule has 10 heteroatoms. The van der Waals surface area contributed by atoms with Crippen LogP contribution in [-0.2, 0) is 16.1 Å². The normalized spacial score (nSPS) is 13.3. The number of nitrogens with zero attached hydrogens (tertiary/aromatic N) is 2. The molecule has 0 bridgehead atoms. The van der Waals surface area contributed by atoms with Gasteiger partial charge in [-0.15, -0.1) is 0 Å². The molecule has 1 aliphatic heterocycles. The minimum Gasteiger partial charge on any atom is -0.482 e. The van der Waals surface area contributed by atoms with Crippen LogP contribution >= 0.6 is 0 Å². The molecule has 10 nitrogen and oxygen atoms in total. The Morgan fingerprint density at radius 2 is 1.76 bits per heavy atom. The number of likely N-dealkylation sites (tertiary alicyclic amines) is 1. The van der Waals surface area contributed by atoms with E-state index in [9.17, 15) is 9.59 Å². The van der Waals surface area contributed by atoms with Crippen molar-refractivity contribution in [2.75, 3.05) is 36.5 Å². The van der Waals surface area contributed by atoms with Crippen LogP contribution < -0.4 is 20.7 Å². The van der Waals surface area contributed by atoms with Crippen LogP contribution in [0.5, 0.6) is 5.75 Å². The van der Waals surface area contributed by atoms with Crippen LogP contribution in [0.1, 0.15) is 42.4 Å². The van der Waals surface area contributed by atoms with Crippen LogP contribution in [0.2, 0.25) is 0 Å². The fourth-order valence-electron chi connectivity index (χ4n) is 4.97. The average molecular weight is 557 g/mol. The lowest BCUT2D eigenvalue weighted by molar-refractivity contribution is -0.139. The highest BCUT2D eigenvalue weighted by molar-refractivity contribution is 5.97. The molecule has 214 valence electrons. The zero-order valence-electron chi connectivity index (χ0n) is 23.1. The molecule has 41 heavy (non-hydrogen) atoms. The molecule has 0 unspecified atom stereocenters. The summed E-state index contributed by atoms with van der Waals surface area (Å²) in [6.45, 7) is 3.52. The number of hydrogen-bond acceptors (Lipinski definition) is 6. The second-order valence-corrected chi connectivity index (χ2v) is 10.2. The molecule has 0 saturated carbocycles. The van der Waals surface area contributed by atoms with Gasteiger partial charge < -0.3 is 30.7 Å². The first kappa shape index (κ1) is 29.1. The van der Waals surface area contributed by atoms with Crippen molar-refractivity contribution in [2.45, 2.75) is 32.2 Å². The van der Waals surface area contributed by atoms with E-state index >= 15 is 0 Å². The standard InChI is InChI=1S/C31H36N6O4/c1-21(32)36-14-12-24(13-15-36)23-8-10-26(11-9-23)35-29(38)19-37(27-6-3-5-25(17-27)31(33)34)18-22-4-2-7-28(16-22)41-20-30(39)40/h2-11,16-17,24,32H,12-15,18-20H2,1H3,(H3,33,34)(H,35,38)(H,39,40). The number of amides is 1. The molecule has 1 amide bonds. The Morgan fingerprint density at radius 1 is 1.05 bits per heavy atom. The Kier molecular flexibility index (Phi) is 9.57. The molecule has 6 N–H and O–H groups in total. The van der Waals surface area contributed by atoms with Gasteiger partial charge in [-0.1, -0.05) is 36.4 Å². The summed E-state index contributed by atoms with van der Waals surface area (Å²) in [6.07, 6.45) is 2.00. The van der Waals surface area contributed by atoms with Gasteiger partial charge in [0.25, 0.3) is 0 Å². The molecule has 3 aromatic rings. The summed E-state index contributed by atoms with van der Waals surface area (Å²) in [4.78, 5) is 28.1. The third kappa shape index (κ3) is 8.31. The second kappa shape index (κ2) is 13.5. The first-order valence-electron chi connectivity index (χ1n) is 13.5. The molecular formula is C31H36N6O4. The van der Waals surface area contributed by atoms with Crippen molar-refractivity contribution in [3.8, 4) is 5.75 Å². The highest BCUT2D eigenvalue weighted by atomic mass is 16.5. The number of amidine groups is 2. The number of carboxylic acid groups (broad SMARTS) is 1. The maximum atomic E-state index is 13.2. The fourth-order valence-corrected chi connectivity index (χ4v) is 4.97. The lowest BCUT2D eigenvalue weighted by Gasteiger charge is -2.33. The van der Waals surface area contributed by atoms with E-state index in [2.05, 4.69) is 22.3 Å². The van der Waals surface area contributed by atoms with E-state index in [-0.39, 0.29) is 18.3 Å². The summed E-state index contributed by atoms with van der Waals surface area (Å²) in [5.74, 6) is 0.132. The third-order valence-electron chi connectivity index (χ3n) is 7.13. The van der Waals surface area contributed by atoms with Crippen molar-refractivity contribution in [3.05, 3.63) is 89.5 Å². The number of rotatable bonds is 11. The van der Waals surface area contributed by atoms with Crippen molar-refractivity contribution in [3.63, 3.8) is 0 Å². The van der Waals surface area contributed by atoms with Gasteiger partial charge in [-0.3, -0.25) is 15.6 Å². The molecule has 1 fully saturated rings. The van der Waals surface area contributed by atoms with Gasteiger partial charge >= 0.3 is 5.97 Å². The minimum atomic E-state index is -1.06. The number of aliphatic carboxylic acids is 1. The molecule has 3 aromatic carbocycles. The molecule has 0 atom stereocenters. The van der Waals surface area contributed by atoms with Crippen molar-refractivity contribution >= 4 is 34.9 Å². The molecule has 4 rings (SSSR count). The largest absolute Gasteiger partial charge is 0.482 e. The first-order chi connectivity index (χ1) is 19.7. The fraction of sp³-hybridized carbons (Fsp3) is 0.290. The Bertz CT molecular complexity index is 1400. The van der Waals surface area contributed by atoms with Crippen LogP contribution in [-0.4, -0.2) is 59.8 Å². The number of benzene rings is 3. The number of carbonyl (C=O) groups excluding carboxylic acids is 1. The first-order valence-corrected chi connectivity index (χ1v) is 13.5. The summed E-state index contributed by atoms with van der Waals surface area (Å²) >= 11 is 0. The SMILES string of the molecule is CC(=N)N1CCC(c2ccc(NC(=O)CN(Cc3cccc(OCC(=O)O)c3)c3cccc(C(=N)N)c3)cc2)CC1. The van der Waals surface area contributed by atoms with Gasteiger partial charge in [-0.2, -0.15) is 0 Å². The summed E-state index contributed by atoms with van der Waals surface area (Å²) in [7, 11) is 0. The Morgan fingerprint density at radius 3 is 2.41 bits per heavy atom. The molecule has 0 spiro atoms. The lowest BCUT2D eigenvalue weighted by atomic mass is 9.89. The number of nitrogens with two attached hydrogens (primary N) is 1. The molecule has 1 saturated heterocycles. The van der Waals surface area contributed by atoms with E-state index in [4.69, 9.17) is 26.4 Å². The van der Waals surface area contributed by atoms with Gasteiger partial charge in [-0.25, -0.2) is 4.79 Å². The van der Waals surface area contributed by atoms with Gasteiger partial charge in [0.2, 0.25) is 5.91 Å². The van der Waals surface area contributed by atoms with Crippen molar-refractivity contribution in [2.24, 2.45) is 5.73 Å². The summed E-state index contributed by atoms with van der Waals surface area (Å²) in [5, 5.41) is 27.6. The molecule has 0 aromatic heterocycles. The maximum Gasteiger partial charge on any atom is 0.341 e. The van der Waals surface area contributed by atoms with Crippen molar-refractivity contribution in [1.82, 2.24) is 4.90 Å². The number of nitrogen functional groups attached to an aromatic ring is 1. The molecule has 1 heterocycles. The van der Waals surface area contributed by atoms with Crippen LogP contribution in [0, 0.1) is 10.8 Å². The number of carboxylic acids is 1. The zero-order valence-corrected chi connectivity index (χ0v) is 23.1. The number of piperidine rings is 1. The number of nitrogens with one attached hydrogen (secondary N) is 3. The summed E-state index contributed by atoms with van der Waals surface area (Å²) in [6, 6.07) is 22.2. The van der Waals surface area contributed by atoms with Crippen LogP contribution in [0.25, 0.3) is 0 Å². The van der Waals surface area contributed by atoms with Crippen LogP contribution in [0.15, 0.2) is 72.8 Å². The van der Waals surface area contributed by atoms with E-state index in [0.717, 1.165) is 31.5 Å². The highest BCUT2D eigenvalue weighted by Gasteiger charge is 2.21. The molecule has 0 aliphatic carbocycles. The van der Waals surface area contributed by atoms with Gasteiger partial charge in [0.15, 0.2) is 6.61 Å². The number of anilines is 2. The maximum absolute atomic E-state index is 13.2. The smallest absolute Gasteiger partial charge is 0.341 e. The van der Waals surface area contributed by atoms with Crippen LogP contribution in [0.4, 0.5) is 11.4 Å².